The third-order valence-corrected chi connectivity index (χ3v) is 13.2. The highest BCUT2D eigenvalue weighted by molar-refractivity contribution is 5.77. The lowest BCUT2D eigenvalue weighted by atomic mass is 9.33. The first-order valence-electron chi connectivity index (χ1n) is 14.0. The average molecular weight is 489 g/mol. The SMILES string of the molecule is CC1(C)CC[C@]2(C(=O)O)C(O)C[C@]3(C)C(=CCC4[C@@]5(C)CCC(O)[C@@](C)(CO)C5CC[C@]43C)C2C1. The van der Waals surface area contributed by atoms with E-state index in [1.54, 1.807) is 0 Å². The zero-order valence-corrected chi connectivity index (χ0v) is 22.7. The van der Waals surface area contributed by atoms with Gasteiger partial charge >= 0.3 is 5.97 Å². The van der Waals surface area contributed by atoms with E-state index in [1.165, 1.54) is 5.57 Å². The lowest BCUT2D eigenvalue weighted by Crippen LogP contribution is -2.68. The minimum Gasteiger partial charge on any atom is -0.481 e. The number of aliphatic hydroxyl groups excluding tert-OH is 3. The lowest BCUT2D eigenvalue weighted by molar-refractivity contribution is -0.226. The molecule has 5 aliphatic rings. The Labute approximate surface area is 211 Å². The third kappa shape index (κ3) is 3.01. The van der Waals surface area contributed by atoms with Gasteiger partial charge in [-0.2, -0.15) is 0 Å². The largest absolute Gasteiger partial charge is 0.481 e. The van der Waals surface area contributed by atoms with Crippen molar-refractivity contribution in [3.63, 3.8) is 0 Å². The van der Waals surface area contributed by atoms with Gasteiger partial charge in [0, 0.05) is 5.41 Å². The zero-order chi connectivity index (χ0) is 25.8. The number of carboxylic acids is 1. The Morgan fingerprint density at radius 3 is 2.23 bits per heavy atom. The number of hydrogen-bond donors (Lipinski definition) is 4. The molecule has 35 heavy (non-hydrogen) atoms. The molecule has 5 nitrogen and oxygen atoms in total. The maximum atomic E-state index is 12.8. The molecule has 4 fully saturated rings. The van der Waals surface area contributed by atoms with E-state index in [1.807, 2.05) is 0 Å². The first kappa shape index (κ1) is 25.7. The molecule has 10 atom stereocenters. The predicted octanol–water partition coefficient (Wildman–Crippen LogP) is 5.18. The van der Waals surface area contributed by atoms with Crippen LogP contribution >= 0.6 is 0 Å². The fourth-order valence-corrected chi connectivity index (χ4v) is 10.8. The van der Waals surface area contributed by atoms with Gasteiger partial charge in [-0.1, -0.05) is 53.2 Å². The van der Waals surface area contributed by atoms with Crippen LogP contribution in [0.25, 0.3) is 0 Å². The van der Waals surface area contributed by atoms with E-state index in [-0.39, 0.29) is 40.1 Å². The minimum atomic E-state index is -1.07. The van der Waals surface area contributed by atoms with Crippen LogP contribution in [-0.2, 0) is 4.79 Å². The molecule has 5 heteroatoms. The Hall–Kier alpha value is -0.910. The van der Waals surface area contributed by atoms with Gasteiger partial charge in [-0.05, 0) is 97.2 Å². The summed E-state index contributed by atoms with van der Waals surface area (Å²) in [6, 6.07) is 0. The van der Waals surface area contributed by atoms with E-state index < -0.39 is 29.0 Å². The number of carboxylic acid groups (broad SMARTS) is 1. The third-order valence-electron chi connectivity index (χ3n) is 13.2. The molecule has 0 amide bonds. The molecule has 0 heterocycles. The fraction of sp³-hybridized carbons (Fsp3) is 0.900. The first-order chi connectivity index (χ1) is 16.1. The van der Waals surface area contributed by atoms with Crippen molar-refractivity contribution in [1.29, 1.82) is 0 Å². The van der Waals surface area contributed by atoms with E-state index in [2.05, 4.69) is 47.6 Å². The molecule has 5 aliphatic carbocycles. The van der Waals surface area contributed by atoms with Gasteiger partial charge in [0.05, 0.1) is 18.8 Å². The molecule has 0 aromatic heterocycles. The van der Waals surface area contributed by atoms with Gasteiger partial charge in [0.2, 0.25) is 0 Å². The van der Waals surface area contributed by atoms with E-state index in [0.717, 1.165) is 38.5 Å². The molecule has 4 saturated carbocycles. The molecule has 0 aromatic carbocycles. The Kier molecular flexibility index (Phi) is 5.56. The second-order valence-electron chi connectivity index (χ2n) is 15.0. The molecule has 5 unspecified atom stereocenters. The Morgan fingerprint density at radius 1 is 0.914 bits per heavy atom. The number of hydrogen-bond acceptors (Lipinski definition) is 4. The highest BCUT2D eigenvalue weighted by Crippen LogP contribution is 2.75. The van der Waals surface area contributed by atoms with Gasteiger partial charge in [0.25, 0.3) is 0 Å². The van der Waals surface area contributed by atoms with E-state index in [9.17, 15) is 25.2 Å². The average Bonchev–Trinajstić information content (AvgIpc) is 2.76. The van der Waals surface area contributed by atoms with Gasteiger partial charge in [-0.25, -0.2) is 0 Å². The van der Waals surface area contributed by atoms with Crippen LogP contribution in [0.4, 0.5) is 0 Å². The molecule has 0 bridgehead atoms. The predicted molar refractivity (Wildman–Crippen MR) is 135 cm³/mol. The fourth-order valence-electron chi connectivity index (χ4n) is 10.8. The molecule has 0 saturated heterocycles. The number of fused-ring (bicyclic) bond motifs is 7. The Morgan fingerprint density at radius 2 is 1.60 bits per heavy atom. The summed E-state index contributed by atoms with van der Waals surface area (Å²) in [6.45, 7) is 13.7. The maximum Gasteiger partial charge on any atom is 0.312 e. The molecular weight excluding hydrogens is 440 g/mol. The zero-order valence-electron chi connectivity index (χ0n) is 22.7. The smallest absolute Gasteiger partial charge is 0.312 e. The van der Waals surface area contributed by atoms with Gasteiger partial charge in [0.15, 0.2) is 0 Å². The summed E-state index contributed by atoms with van der Waals surface area (Å²) in [7, 11) is 0. The molecule has 4 N–H and O–H groups in total. The van der Waals surface area contributed by atoms with Gasteiger partial charge in [0.1, 0.15) is 5.41 Å². The second kappa shape index (κ2) is 7.57. The summed E-state index contributed by atoms with van der Waals surface area (Å²) in [5.41, 5.74) is -0.522. The summed E-state index contributed by atoms with van der Waals surface area (Å²) < 4.78 is 0. The molecule has 198 valence electrons. The molecule has 0 aliphatic heterocycles. The van der Waals surface area contributed by atoms with Crippen LogP contribution in [0.15, 0.2) is 11.6 Å². The number of carbonyl (C=O) groups is 1. The molecular formula is C30H48O5. The molecule has 5 rings (SSSR count). The topological polar surface area (TPSA) is 98.0 Å². The van der Waals surface area contributed by atoms with Gasteiger partial charge in [-0.15, -0.1) is 0 Å². The van der Waals surface area contributed by atoms with Crippen LogP contribution in [0.1, 0.15) is 99.3 Å². The van der Waals surface area contributed by atoms with Crippen molar-refractivity contribution < 1.29 is 25.2 Å². The van der Waals surface area contributed by atoms with Gasteiger partial charge < -0.3 is 20.4 Å². The highest BCUT2D eigenvalue weighted by Gasteiger charge is 2.71. The summed E-state index contributed by atoms with van der Waals surface area (Å²) in [4.78, 5) is 12.8. The van der Waals surface area contributed by atoms with Crippen LogP contribution < -0.4 is 0 Å². The molecule has 0 aromatic rings. The van der Waals surface area contributed by atoms with Crippen LogP contribution in [0.3, 0.4) is 0 Å². The number of rotatable bonds is 2. The standard InChI is InChI=1S/C30H48O5/c1-25(2)13-14-30(24(34)35)19(15-25)18-7-8-21-26(3)11-10-22(32)27(4,17-31)20(26)9-12-28(21,5)29(18,6)16-23(30)33/h7,19-23,31-33H,8-17H2,1-6H3,(H,34,35)/t19?,20?,21?,22?,23?,26-,27-,28+,29+,30+/m0/s1. The van der Waals surface area contributed by atoms with Crippen molar-refractivity contribution in [2.45, 2.75) is 112 Å². The summed E-state index contributed by atoms with van der Waals surface area (Å²) >= 11 is 0. The lowest BCUT2D eigenvalue weighted by Gasteiger charge is -2.71. The monoisotopic (exact) mass is 488 g/mol. The second-order valence-corrected chi connectivity index (χ2v) is 15.0. The van der Waals surface area contributed by atoms with Crippen molar-refractivity contribution >= 4 is 5.97 Å². The van der Waals surface area contributed by atoms with Crippen molar-refractivity contribution in [3.05, 3.63) is 11.6 Å². The number of aliphatic carboxylic acids is 1. The van der Waals surface area contributed by atoms with Crippen molar-refractivity contribution in [3.8, 4) is 0 Å². The van der Waals surface area contributed by atoms with E-state index in [4.69, 9.17) is 0 Å². The van der Waals surface area contributed by atoms with Crippen LogP contribution in [0.2, 0.25) is 0 Å². The van der Waals surface area contributed by atoms with Crippen LogP contribution in [0, 0.1) is 50.2 Å². The summed E-state index contributed by atoms with van der Waals surface area (Å²) in [5, 5.41) is 43.5. The summed E-state index contributed by atoms with van der Waals surface area (Å²) in [5.74, 6) is -0.323. The normalized spacial score (nSPS) is 55.0. The van der Waals surface area contributed by atoms with Gasteiger partial charge in [-0.3, -0.25) is 4.79 Å². The van der Waals surface area contributed by atoms with Crippen molar-refractivity contribution in [2.75, 3.05) is 6.61 Å². The maximum absolute atomic E-state index is 12.8. The quantitative estimate of drug-likeness (QED) is 0.402. The van der Waals surface area contributed by atoms with E-state index in [0.29, 0.717) is 25.2 Å². The van der Waals surface area contributed by atoms with Crippen LogP contribution in [-0.4, -0.2) is 45.2 Å². The van der Waals surface area contributed by atoms with E-state index >= 15 is 0 Å². The Balaban J connectivity index is 1.63. The first-order valence-corrected chi connectivity index (χ1v) is 14.0. The van der Waals surface area contributed by atoms with Crippen molar-refractivity contribution in [1.82, 2.24) is 0 Å². The molecule has 0 spiro atoms. The number of aliphatic hydroxyl groups is 3. The minimum absolute atomic E-state index is 0.00707. The Bertz CT molecular complexity index is 941. The van der Waals surface area contributed by atoms with Crippen LogP contribution in [0.5, 0.6) is 0 Å². The number of allylic oxidation sites excluding steroid dienone is 2. The van der Waals surface area contributed by atoms with Crippen molar-refractivity contribution in [2.24, 2.45) is 50.2 Å². The highest BCUT2D eigenvalue weighted by atomic mass is 16.4. The summed E-state index contributed by atoms with van der Waals surface area (Å²) in [6.07, 6.45) is 8.30. The molecule has 0 radical (unpaired) electrons.